The standard InChI is InChI=1S/C21H29N3O4/c1-3-15-6-8-21(9-7-15)19(25)24(20(26)22-21)14-23(2)13-16-4-5-17-18(12-16)28-11-10-27-17/h4-5,12,15H,3,6-11,13-14H2,1-2H3,(H,22,26). The third-order valence-electron chi connectivity index (χ3n) is 6.22. The molecule has 1 aromatic carbocycles. The van der Waals surface area contributed by atoms with Crippen molar-refractivity contribution in [3.05, 3.63) is 23.8 Å². The van der Waals surface area contributed by atoms with Gasteiger partial charge in [0.05, 0.1) is 6.67 Å². The fourth-order valence-corrected chi connectivity index (χ4v) is 4.51. The molecule has 0 unspecified atom stereocenters. The molecule has 7 nitrogen and oxygen atoms in total. The molecule has 7 heteroatoms. The maximum Gasteiger partial charge on any atom is 0.326 e. The van der Waals surface area contributed by atoms with Gasteiger partial charge in [-0.2, -0.15) is 0 Å². The van der Waals surface area contributed by atoms with Crippen molar-refractivity contribution < 1.29 is 19.1 Å². The summed E-state index contributed by atoms with van der Waals surface area (Å²) in [5, 5.41) is 3.00. The first kappa shape index (κ1) is 19.1. The minimum Gasteiger partial charge on any atom is -0.486 e. The van der Waals surface area contributed by atoms with E-state index >= 15 is 0 Å². The van der Waals surface area contributed by atoms with Crippen LogP contribution in [-0.2, 0) is 11.3 Å². The Labute approximate surface area is 166 Å². The van der Waals surface area contributed by atoms with Crippen LogP contribution < -0.4 is 14.8 Å². The van der Waals surface area contributed by atoms with Gasteiger partial charge in [0.1, 0.15) is 18.8 Å². The molecule has 1 spiro atoms. The monoisotopic (exact) mass is 387 g/mol. The number of hydrogen-bond donors (Lipinski definition) is 1. The Morgan fingerprint density at radius 1 is 1.18 bits per heavy atom. The van der Waals surface area contributed by atoms with Gasteiger partial charge in [0.25, 0.3) is 5.91 Å². The van der Waals surface area contributed by atoms with Gasteiger partial charge < -0.3 is 14.8 Å². The summed E-state index contributed by atoms with van der Waals surface area (Å²) in [4.78, 5) is 28.9. The highest BCUT2D eigenvalue weighted by molar-refractivity contribution is 6.07. The number of hydrogen-bond acceptors (Lipinski definition) is 5. The molecule has 3 amide bonds. The average Bonchev–Trinajstić information content (AvgIpc) is 2.92. The van der Waals surface area contributed by atoms with Crippen molar-refractivity contribution >= 4 is 11.9 Å². The number of nitrogens with one attached hydrogen (secondary N) is 1. The quantitative estimate of drug-likeness (QED) is 0.787. The summed E-state index contributed by atoms with van der Waals surface area (Å²) >= 11 is 0. The molecule has 1 aromatic rings. The number of ether oxygens (including phenoxy) is 2. The van der Waals surface area contributed by atoms with E-state index in [-0.39, 0.29) is 18.6 Å². The Morgan fingerprint density at radius 3 is 2.61 bits per heavy atom. The Balaban J connectivity index is 1.38. The SMILES string of the molecule is CCC1CCC2(CC1)NC(=O)N(CN(C)Cc1ccc3c(c1)OCCO3)C2=O. The molecule has 0 bridgehead atoms. The molecule has 3 aliphatic rings. The van der Waals surface area contributed by atoms with Crippen molar-refractivity contribution in [3.63, 3.8) is 0 Å². The molecule has 152 valence electrons. The minimum absolute atomic E-state index is 0.0684. The lowest BCUT2D eigenvalue weighted by molar-refractivity contribution is -0.134. The van der Waals surface area contributed by atoms with Crippen LogP contribution in [0.1, 0.15) is 44.6 Å². The number of urea groups is 1. The highest BCUT2D eigenvalue weighted by atomic mass is 16.6. The van der Waals surface area contributed by atoms with Crippen LogP contribution in [0.25, 0.3) is 0 Å². The maximum atomic E-state index is 13.0. The number of benzene rings is 1. The summed E-state index contributed by atoms with van der Waals surface area (Å²) in [5.74, 6) is 2.11. The van der Waals surface area contributed by atoms with E-state index in [4.69, 9.17) is 9.47 Å². The van der Waals surface area contributed by atoms with E-state index in [1.165, 1.54) is 4.90 Å². The minimum atomic E-state index is -0.680. The second-order valence-electron chi connectivity index (χ2n) is 8.23. The smallest absolute Gasteiger partial charge is 0.326 e. The van der Waals surface area contributed by atoms with E-state index < -0.39 is 5.54 Å². The molecule has 2 heterocycles. The van der Waals surface area contributed by atoms with Crippen LogP contribution in [0.3, 0.4) is 0 Å². The lowest BCUT2D eigenvalue weighted by Crippen LogP contribution is -2.50. The first-order chi connectivity index (χ1) is 13.5. The van der Waals surface area contributed by atoms with Crippen LogP contribution in [0, 0.1) is 5.92 Å². The molecule has 1 N–H and O–H groups in total. The van der Waals surface area contributed by atoms with E-state index in [0.717, 1.165) is 49.2 Å². The van der Waals surface area contributed by atoms with Crippen LogP contribution in [0.15, 0.2) is 18.2 Å². The zero-order chi connectivity index (χ0) is 19.7. The highest BCUT2D eigenvalue weighted by Crippen LogP contribution is 2.37. The van der Waals surface area contributed by atoms with E-state index in [2.05, 4.69) is 12.2 Å². The average molecular weight is 387 g/mol. The summed E-state index contributed by atoms with van der Waals surface area (Å²) in [5.41, 5.74) is 0.373. The topological polar surface area (TPSA) is 71.1 Å². The van der Waals surface area contributed by atoms with Gasteiger partial charge in [-0.15, -0.1) is 0 Å². The Bertz CT molecular complexity index is 758. The van der Waals surface area contributed by atoms with Crippen molar-refractivity contribution in [2.75, 3.05) is 26.9 Å². The molecule has 1 saturated heterocycles. The van der Waals surface area contributed by atoms with Gasteiger partial charge in [-0.05, 0) is 56.3 Å². The third kappa shape index (κ3) is 3.55. The number of rotatable bonds is 5. The van der Waals surface area contributed by atoms with Crippen molar-refractivity contribution in [2.24, 2.45) is 5.92 Å². The molecule has 0 atom stereocenters. The molecular formula is C21H29N3O4. The normalized spacial score (nSPS) is 26.8. The molecule has 0 aromatic heterocycles. The van der Waals surface area contributed by atoms with Crippen LogP contribution in [0.5, 0.6) is 11.5 Å². The Hall–Kier alpha value is -2.28. The number of carbonyl (C=O) groups excluding carboxylic acids is 2. The van der Waals surface area contributed by atoms with Crippen molar-refractivity contribution in [1.29, 1.82) is 0 Å². The maximum absolute atomic E-state index is 13.0. The summed E-state index contributed by atoms with van der Waals surface area (Å²) in [6.07, 6.45) is 4.64. The number of nitrogens with zero attached hydrogens (tertiary/aromatic N) is 2. The van der Waals surface area contributed by atoms with E-state index in [1.807, 2.05) is 30.1 Å². The van der Waals surface area contributed by atoms with Gasteiger partial charge in [0.2, 0.25) is 0 Å². The van der Waals surface area contributed by atoms with E-state index in [9.17, 15) is 9.59 Å². The largest absolute Gasteiger partial charge is 0.486 e. The third-order valence-corrected chi connectivity index (χ3v) is 6.22. The number of imide groups is 1. The van der Waals surface area contributed by atoms with Gasteiger partial charge in [0, 0.05) is 6.54 Å². The fourth-order valence-electron chi connectivity index (χ4n) is 4.51. The zero-order valence-corrected chi connectivity index (χ0v) is 16.7. The summed E-state index contributed by atoms with van der Waals surface area (Å²) in [6, 6.07) is 5.59. The van der Waals surface area contributed by atoms with Gasteiger partial charge >= 0.3 is 6.03 Å². The lowest BCUT2D eigenvalue weighted by atomic mass is 9.75. The second-order valence-corrected chi connectivity index (χ2v) is 8.23. The van der Waals surface area contributed by atoms with Crippen molar-refractivity contribution in [1.82, 2.24) is 15.1 Å². The number of amides is 3. The molecule has 2 fully saturated rings. The lowest BCUT2D eigenvalue weighted by Gasteiger charge is -2.34. The predicted molar refractivity (Wildman–Crippen MR) is 104 cm³/mol. The van der Waals surface area contributed by atoms with E-state index in [0.29, 0.717) is 25.7 Å². The molecule has 0 radical (unpaired) electrons. The van der Waals surface area contributed by atoms with Crippen LogP contribution in [0.2, 0.25) is 0 Å². The first-order valence-corrected chi connectivity index (χ1v) is 10.2. The molecular weight excluding hydrogens is 358 g/mol. The Kier molecular flexibility index (Phi) is 5.19. The number of carbonyl (C=O) groups is 2. The van der Waals surface area contributed by atoms with Gasteiger partial charge in [0.15, 0.2) is 11.5 Å². The van der Waals surface area contributed by atoms with Crippen LogP contribution >= 0.6 is 0 Å². The van der Waals surface area contributed by atoms with E-state index in [1.54, 1.807) is 0 Å². The zero-order valence-electron chi connectivity index (χ0n) is 16.7. The number of fused-ring (bicyclic) bond motifs is 1. The highest BCUT2D eigenvalue weighted by Gasteiger charge is 2.52. The molecule has 1 saturated carbocycles. The van der Waals surface area contributed by atoms with Crippen LogP contribution in [0.4, 0.5) is 4.79 Å². The molecule has 2 aliphatic heterocycles. The predicted octanol–water partition coefficient (Wildman–Crippen LogP) is 2.74. The van der Waals surface area contributed by atoms with Crippen LogP contribution in [-0.4, -0.2) is 54.2 Å². The first-order valence-electron chi connectivity index (χ1n) is 10.2. The van der Waals surface area contributed by atoms with Crippen molar-refractivity contribution in [3.8, 4) is 11.5 Å². The van der Waals surface area contributed by atoms with Gasteiger partial charge in [-0.25, -0.2) is 9.69 Å². The summed E-state index contributed by atoms with van der Waals surface area (Å²) in [6.45, 7) is 4.20. The second kappa shape index (κ2) is 7.62. The summed E-state index contributed by atoms with van der Waals surface area (Å²) < 4.78 is 11.2. The van der Waals surface area contributed by atoms with Gasteiger partial charge in [-0.1, -0.05) is 19.4 Å². The Morgan fingerprint density at radius 2 is 1.89 bits per heavy atom. The van der Waals surface area contributed by atoms with Gasteiger partial charge in [-0.3, -0.25) is 9.69 Å². The summed E-state index contributed by atoms with van der Waals surface area (Å²) in [7, 11) is 1.91. The molecule has 1 aliphatic carbocycles. The van der Waals surface area contributed by atoms with Crippen molar-refractivity contribution in [2.45, 2.75) is 51.1 Å². The fraction of sp³-hybridized carbons (Fsp3) is 0.619. The molecule has 4 rings (SSSR count). The molecule has 28 heavy (non-hydrogen) atoms.